The minimum Gasteiger partial charge on any atom is -0.497 e. The zero-order valence-electron chi connectivity index (χ0n) is 17.0. The van der Waals surface area contributed by atoms with E-state index in [4.69, 9.17) is 14.2 Å². The maximum absolute atomic E-state index is 13.4. The van der Waals surface area contributed by atoms with Gasteiger partial charge in [0.15, 0.2) is 0 Å². The normalized spacial score (nSPS) is 15.4. The van der Waals surface area contributed by atoms with Crippen LogP contribution < -0.4 is 14.8 Å². The van der Waals surface area contributed by atoms with Gasteiger partial charge in [-0.3, -0.25) is 4.79 Å². The Morgan fingerprint density at radius 2 is 1.86 bits per heavy atom. The molecule has 0 spiro atoms. The fraction of sp³-hybridized carbons (Fsp3) is 0.391. The van der Waals surface area contributed by atoms with E-state index in [2.05, 4.69) is 11.4 Å². The zero-order chi connectivity index (χ0) is 20.9. The van der Waals surface area contributed by atoms with Gasteiger partial charge in [-0.25, -0.2) is 0 Å². The molecule has 1 N–H and O–H groups in total. The van der Waals surface area contributed by atoms with Gasteiger partial charge in [-0.15, -0.1) is 0 Å². The van der Waals surface area contributed by atoms with Crippen molar-refractivity contribution >= 4 is 11.6 Å². The number of hydrogen-bond donors (Lipinski definition) is 1. The van der Waals surface area contributed by atoms with E-state index in [1.54, 1.807) is 25.3 Å². The first-order valence-electron chi connectivity index (χ1n) is 9.73. The van der Waals surface area contributed by atoms with Crippen LogP contribution in [0.25, 0.3) is 0 Å². The van der Waals surface area contributed by atoms with Crippen LogP contribution in [0.5, 0.6) is 11.5 Å². The molecular formula is C23H26N2O4. The van der Waals surface area contributed by atoms with Crippen molar-refractivity contribution < 1.29 is 19.0 Å². The van der Waals surface area contributed by atoms with E-state index in [1.165, 1.54) is 0 Å². The number of nitrogens with zero attached hydrogens (tertiary/aromatic N) is 1. The van der Waals surface area contributed by atoms with Crippen LogP contribution in [0.1, 0.15) is 37.8 Å². The van der Waals surface area contributed by atoms with Crippen LogP contribution in [0.2, 0.25) is 0 Å². The number of carbonyl (C=O) groups excluding carboxylic acids is 1. The molecule has 0 radical (unpaired) electrons. The lowest BCUT2D eigenvalue weighted by Crippen LogP contribution is -2.44. The van der Waals surface area contributed by atoms with Gasteiger partial charge in [0.25, 0.3) is 0 Å². The highest BCUT2D eigenvalue weighted by molar-refractivity contribution is 5.99. The van der Waals surface area contributed by atoms with Crippen molar-refractivity contribution in [2.45, 2.75) is 38.2 Å². The van der Waals surface area contributed by atoms with Gasteiger partial charge in [-0.05, 0) is 62.6 Å². The molecule has 29 heavy (non-hydrogen) atoms. The van der Waals surface area contributed by atoms with E-state index in [-0.39, 0.29) is 12.0 Å². The molecule has 152 valence electrons. The molecule has 3 rings (SSSR count). The third-order valence-electron chi connectivity index (χ3n) is 5.14. The number of hydrogen-bond acceptors (Lipinski definition) is 5. The Morgan fingerprint density at radius 1 is 1.17 bits per heavy atom. The van der Waals surface area contributed by atoms with E-state index in [0.29, 0.717) is 43.1 Å². The minimum absolute atomic E-state index is 0.0388. The van der Waals surface area contributed by atoms with Crippen LogP contribution in [0.3, 0.4) is 0 Å². The number of rotatable bonds is 6. The van der Waals surface area contributed by atoms with E-state index >= 15 is 0 Å². The van der Waals surface area contributed by atoms with Gasteiger partial charge in [0.05, 0.1) is 24.2 Å². The van der Waals surface area contributed by atoms with Crippen LogP contribution in [-0.2, 0) is 14.9 Å². The van der Waals surface area contributed by atoms with Crippen molar-refractivity contribution in [1.29, 1.82) is 5.26 Å². The third-order valence-corrected chi connectivity index (χ3v) is 5.14. The van der Waals surface area contributed by atoms with Crippen molar-refractivity contribution in [3.63, 3.8) is 0 Å². The summed E-state index contributed by atoms with van der Waals surface area (Å²) in [4.78, 5) is 13.4. The third kappa shape index (κ3) is 4.52. The molecule has 1 heterocycles. The van der Waals surface area contributed by atoms with E-state index in [0.717, 1.165) is 11.3 Å². The Kier molecular flexibility index (Phi) is 6.40. The van der Waals surface area contributed by atoms with Gasteiger partial charge >= 0.3 is 0 Å². The molecule has 6 heteroatoms. The van der Waals surface area contributed by atoms with E-state index in [9.17, 15) is 10.1 Å². The summed E-state index contributed by atoms with van der Waals surface area (Å²) in [6, 6.07) is 14.9. The molecule has 2 aromatic rings. The van der Waals surface area contributed by atoms with Gasteiger partial charge in [-0.1, -0.05) is 12.1 Å². The first kappa shape index (κ1) is 20.7. The van der Waals surface area contributed by atoms with Crippen molar-refractivity contribution in [1.82, 2.24) is 0 Å². The SMILES string of the molecule is COc1ccc(C2(C(=O)Nc3ccc(OC(C)C)c(C#N)c3)CCOCC2)cc1. The predicted octanol–water partition coefficient (Wildman–Crippen LogP) is 4.04. The fourth-order valence-corrected chi connectivity index (χ4v) is 3.58. The number of carbonyl (C=O) groups is 1. The second-order valence-electron chi connectivity index (χ2n) is 7.37. The Balaban J connectivity index is 1.88. The highest BCUT2D eigenvalue weighted by Crippen LogP contribution is 2.37. The summed E-state index contributed by atoms with van der Waals surface area (Å²) < 4.78 is 16.4. The maximum Gasteiger partial charge on any atom is 0.235 e. The highest BCUT2D eigenvalue weighted by atomic mass is 16.5. The van der Waals surface area contributed by atoms with Crippen molar-refractivity contribution in [3.05, 3.63) is 53.6 Å². The summed E-state index contributed by atoms with van der Waals surface area (Å²) in [7, 11) is 1.62. The second-order valence-corrected chi connectivity index (χ2v) is 7.37. The topological polar surface area (TPSA) is 80.6 Å². The summed E-state index contributed by atoms with van der Waals surface area (Å²) in [5.74, 6) is 1.15. The van der Waals surface area contributed by atoms with Crippen molar-refractivity contribution in [2.24, 2.45) is 0 Å². The molecule has 1 fully saturated rings. The van der Waals surface area contributed by atoms with E-state index < -0.39 is 5.41 Å². The first-order chi connectivity index (χ1) is 14.0. The largest absolute Gasteiger partial charge is 0.497 e. The summed E-state index contributed by atoms with van der Waals surface area (Å²) in [6.45, 7) is 4.84. The maximum atomic E-state index is 13.4. The molecule has 1 aliphatic rings. The lowest BCUT2D eigenvalue weighted by atomic mass is 9.73. The monoisotopic (exact) mass is 394 g/mol. The molecule has 0 bridgehead atoms. The number of benzene rings is 2. The van der Waals surface area contributed by atoms with Crippen LogP contribution in [0, 0.1) is 11.3 Å². The zero-order valence-corrected chi connectivity index (χ0v) is 17.0. The number of amides is 1. The van der Waals surface area contributed by atoms with Crippen LogP contribution in [0.15, 0.2) is 42.5 Å². The highest BCUT2D eigenvalue weighted by Gasteiger charge is 2.41. The summed E-state index contributed by atoms with van der Waals surface area (Å²) in [5, 5.41) is 12.4. The number of nitriles is 1. The number of anilines is 1. The molecule has 0 aliphatic carbocycles. The van der Waals surface area contributed by atoms with Crippen LogP contribution >= 0.6 is 0 Å². The fourth-order valence-electron chi connectivity index (χ4n) is 3.58. The molecule has 2 aromatic carbocycles. The quantitative estimate of drug-likeness (QED) is 0.800. The Morgan fingerprint density at radius 3 is 2.45 bits per heavy atom. The number of nitrogens with one attached hydrogen (secondary N) is 1. The predicted molar refractivity (Wildman–Crippen MR) is 110 cm³/mol. The van der Waals surface area contributed by atoms with Gasteiger partial charge in [0.1, 0.15) is 17.6 Å². The van der Waals surface area contributed by atoms with Gasteiger partial charge in [0.2, 0.25) is 5.91 Å². The lowest BCUT2D eigenvalue weighted by molar-refractivity contribution is -0.125. The summed E-state index contributed by atoms with van der Waals surface area (Å²) in [5.41, 5.74) is 1.20. The standard InChI is InChI=1S/C23H26N2O4/c1-16(2)29-21-9-6-19(14-17(21)15-24)25-22(26)23(10-12-28-13-11-23)18-4-7-20(27-3)8-5-18/h4-9,14,16H,10-13H2,1-3H3,(H,25,26). The van der Waals surface area contributed by atoms with Crippen LogP contribution in [-0.4, -0.2) is 32.3 Å². The summed E-state index contributed by atoms with van der Waals surface area (Å²) >= 11 is 0. The molecule has 0 saturated carbocycles. The van der Waals surface area contributed by atoms with Gasteiger partial charge < -0.3 is 19.5 Å². The molecule has 1 aliphatic heterocycles. The number of methoxy groups -OCH3 is 1. The van der Waals surface area contributed by atoms with Crippen molar-refractivity contribution in [2.75, 3.05) is 25.6 Å². The van der Waals surface area contributed by atoms with Crippen LogP contribution in [0.4, 0.5) is 5.69 Å². The van der Waals surface area contributed by atoms with Crippen molar-refractivity contribution in [3.8, 4) is 17.6 Å². The molecule has 1 saturated heterocycles. The minimum atomic E-state index is -0.690. The molecule has 0 unspecified atom stereocenters. The molecular weight excluding hydrogens is 368 g/mol. The average Bonchev–Trinajstić information content (AvgIpc) is 2.75. The molecule has 0 aromatic heterocycles. The second kappa shape index (κ2) is 8.97. The average molecular weight is 394 g/mol. The van der Waals surface area contributed by atoms with Gasteiger partial charge in [-0.2, -0.15) is 5.26 Å². The lowest BCUT2D eigenvalue weighted by Gasteiger charge is -2.36. The number of ether oxygens (including phenoxy) is 3. The molecule has 0 atom stereocenters. The summed E-state index contributed by atoms with van der Waals surface area (Å²) in [6.07, 6.45) is 1.14. The smallest absolute Gasteiger partial charge is 0.235 e. The first-order valence-corrected chi connectivity index (χ1v) is 9.73. The Labute approximate surface area is 171 Å². The molecule has 6 nitrogen and oxygen atoms in total. The van der Waals surface area contributed by atoms with E-state index in [1.807, 2.05) is 38.1 Å². The Hall–Kier alpha value is -3.04. The molecule has 1 amide bonds. The Bertz CT molecular complexity index is 894. The van der Waals surface area contributed by atoms with Gasteiger partial charge in [0, 0.05) is 18.9 Å².